The smallest absolute Gasteiger partial charge is 0.201 e. The van der Waals surface area contributed by atoms with Gasteiger partial charge in [-0.2, -0.15) is 8.78 Å². The summed E-state index contributed by atoms with van der Waals surface area (Å²) in [7, 11) is 0. The molecule has 3 aromatic rings. The van der Waals surface area contributed by atoms with Gasteiger partial charge < -0.3 is 14.9 Å². The van der Waals surface area contributed by atoms with Crippen LogP contribution in [0.4, 0.5) is 26.3 Å². The average molecular weight is 537 g/mol. The molecule has 0 aromatic heterocycles. The second kappa shape index (κ2) is 11.5. The van der Waals surface area contributed by atoms with E-state index in [2.05, 4.69) is 0 Å². The van der Waals surface area contributed by atoms with Gasteiger partial charge in [0.2, 0.25) is 11.6 Å². The minimum atomic E-state index is -1.57. The first-order valence-electron chi connectivity index (χ1n) is 12.3. The summed E-state index contributed by atoms with van der Waals surface area (Å²) in [4.78, 5) is 0. The standard InChI is InChI=1S/C29H26F6O3/c1-2-3-21(36)20-9-8-17(24(30)27(20)33)16-6-4-15(5-7-16)14-38-23-13-11-19(26(32)29(23)35)18-10-12-22(37)28(34)25(18)31/h6,8-13,15,21,36-37H,2-5,7,14H2,1H3. The molecule has 1 aliphatic carbocycles. The van der Waals surface area contributed by atoms with Crippen LogP contribution in [0.2, 0.25) is 0 Å². The summed E-state index contributed by atoms with van der Waals surface area (Å²) in [6.07, 6.45) is 2.97. The van der Waals surface area contributed by atoms with Crippen LogP contribution in [-0.4, -0.2) is 16.8 Å². The first kappa shape index (κ1) is 27.6. The first-order chi connectivity index (χ1) is 18.1. The lowest BCUT2D eigenvalue weighted by molar-refractivity contribution is 0.160. The maximum atomic E-state index is 14.7. The number of ether oxygens (including phenoxy) is 1. The topological polar surface area (TPSA) is 49.7 Å². The summed E-state index contributed by atoms with van der Waals surface area (Å²) in [5.41, 5.74) is -0.423. The lowest BCUT2D eigenvalue weighted by atomic mass is 9.86. The highest BCUT2D eigenvalue weighted by molar-refractivity contribution is 5.68. The second-order valence-corrected chi connectivity index (χ2v) is 9.31. The third-order valence-electron chi connectivity index (χ3n) is 6.77. The molecular weight excluding hydrogens is 510 g/mol. The van der Waals surface area contributed by atoms with Gasteiger partial charge in [0.05, 0.1) is 12.7 Å². The highest BCUT2D eigenvalue weighted by Gasteiger charge is 2.25. The summed E-state index contributed by atoms with van der Waals surface area (Å²) in [6.45, 7) is 1.85. The first-order valence-corrected chi connectivity index (χ1v) is 12.3. The molecule has 0 amide bonds. The van der Waals surface area contributed by atoms with Crippen LogP contribution >= 0.6 is 0 Å². The number of aliphatic hydroxyl groups is 1. The number of aromatic hydroxyl groups is 1. The largest absolute Gasteiger partial charge is 0.505 e. The van der Waals surface area contributed by atoms with Gasteiger partial charge in [0.25, 0.3) is 0 Å². The Labute approximate surface area is 216 Å². The summed E-state index contributed by atoms with van der Waals surface area (Å²) < 4.78 is 91.8. The Balaban J connectivity index is 1.43. The van der Waals surface area contributed by atoms with Crippen molar-refractivity contribution in [1.82, 2.24) is 0 Å². The van der Waals surface area contributed by atoms with Gasteiger partial charge in [-0.3, -0.25) is 0 Å². The highest BCUT2D eigenvalue weighted by atomic mass is 19.2. The summed E-state index contributed by atoms with van der Waals surface area (Å²) >= 11 is 0. The molecule has 202 valence electrons. The van der Waals surface area contributed by atoms with Crippen LogP contribution in [0.1, 0.15) is 56.3 Å². The van der Waals surface area contributed by atoms with E-state index in [0.717, 1.165) is 24.3 Å². The SMILES string of the molecule is CCCC(O)c1ccc(C2=CCC(COc3ccc(-c4ccc(O)c(F)c4F)c(F)c3F)CC2)c(F)c1F. The average Bonchev–Trinajstić information content (AvgIpc) is 2.91. The number of phenols is 1. The van der Waals surface area contributed by atoms with Crippen LogP contribution in [0.5, 0.6) is 11.5 Å². The number of rotatable bonds is 8. The van der Waals surface area contributed by atoms with E-state index in [1.54, 1.807) is 6.08 Å². The van der Waals surface area contributed by atoms with E-state index in [9.17, 15) is 36.6 Å². The molecule has 0 saturated carbocycles. The van der Waals surface area contributed by atoms with Gasteiger partial charge in [-0.15, -0.1) is 0 Å². The molecule has 0 heterocycles. The van der Waals surface area contributed by atoms with E-state index in [0.29, 0.717) is 37.7 Å². The van der Waals surface area contributed by atoms with Crippen molar-refractivity contribution in [3.05, 3.63) is 88.5 Å². The maximum absolute atomic E-state index is 14.7. The Morgan fingerprint density at radius 1 is 0.816 bits per heavy atom. The van der Waals surface area contributed by atoms with Gasteiger partial charge in [-0.1, -0.05) is 31.6 Å². The van der Waals surface area contributed by atoms with Crippen molar-refractivity contribution >= 4 is 5.57 Å². The Morgan fingerprint density at radius 2 is 1.45 bits per heavy atom. The van der Waals surface area contributed by atoms with Crippen molar-refractivity contribution in [3.8, 4) is 22.6 Å². The number of benzene rings is 3. The summed E-state index contributed by atoms with van der Waals surface area (Å²) in [5.74, 6) is -9.42. The Hall–Kier alpha value is -3.46. The molecule has 2 N–H and O–H groups in total. The zero-order valence-electron chi connectivity index (χ0n) is 20.5. The van der Waals surface area contributed by atoms with Gasteiger partial charge in [0, 0.05) is 22.3 Å². The number of aliphatic hydroxyl groups excluding tert-OH is 1. The molecule has 3 aromatic carbocycles. The summed E-state index contributed by atoms with van der Waals surface area (Å²) in [6, 6.07) is 6.79. The van der Waals surface area contributed by atoms with Crippen molar-refractivity contribution in [2.45, 2.75) is 45.1 Å². The van der Waals surface area contributed by atoms with Crippen LogP contribution in [0.3, 0.4) is 0 Å². The van der Waals surface area contributed by atoms with E-state index in [1.165, 1.54) is 12.1 Å². The minimum absolute atomic E-state index is 0.0146. The molecule has 1 aliphatic rings. The van der Waals surface area contributed by atoms with Crippen molar-refractivity contribution in [3.63, 3.8) is 0 Å². The molecule has 0 spiro atoms. The third-order valence-corrected chi connectivity index (χ3v) is 6.77. The Morgan fingerprint density at radius 3 is 2.11 bits per heavy atom. The minimum Gasteiger partial charge on any atom is -0.505 e. The molecule has 2 unspecified atom stereocenters. The molecule has 0 bridgehead atoms. The molecule has 0 fully saturated rings. The lowest BCUT2D eigenvalue weighted by Gasteiger charge is -2.23. The van der Waals surface area contributed by atoms with Crippen LogP contribution in [0.25, 0.3) is 16.7 Å². The second-order valence-electron chi connectivity index (χ2n) is 9.31. The Kier molecular flexibility index (Phi) is 8.35. The molecule has 3 nitrogen and oxygen atoms in total. The van der Waals surface area contributed by atoms with Gasteiger partial charge in [-0.05, 0) is 61.4 Å². The molecular formula is C29H26F6O3. The summed E-state index contributed by atoms with van der Waals surface area (Å²) in [5, 5.41) is 19.3. The predicted octanol–water partition coefficient (Wildman–Crippen LogP) is 7.99. The van der Waals surface area contributed by atoms with Crippen LogP contribution < -0.4 is 4.74 Å². The van der Waals surface area contributed by atoms with Crippen LogP contribution in [0, 0.1) is 40.8 Å². The van der Waals surface area contributed by atoms with Gasteiger partial charge in [-0.25, -0.2) is 17.6 Å². The molecule has 38 heavy (non-hydrogen) atoms. The van der Waals surface area contributed by atoms with E-state index in [4.69, 9.17) is 4.74 Å². The predicted molar refractivity (Wildman–Crippen MR) is 130 cm³/mol. The van der Waals surface area contributed by atoms with Crippen molar-refractivity contribution < 1.29 is 41.3 Å². The van der Waals surface area contributed by atoms with Crippen molar-refractivity contribution in [1.29, 1.82) is 0 Å². The Bertz CT molecular complexity index is 1370. The number of allylic oxidation sites excluding steroid dienone is 2. The number of halogens is 6. The van der Waals surface area contributed by atoms with E-state index in [1.807, 2.05) is 6.92 Å². The van der Waals surface area contributed by atoms with Gasteiger partial charge in [0.1, 0.15) is 0 Å². The number of phenolic OH excluding ortho intramolecular Hbond substituents is 1. The fourth-order valence-corrected chi connectivity index (χ4v) is 4.59. The lowest BCUT2D eigenvalue weighted by Crippen LogP contribution is -2.16. The van der Waals surface area contributed by atoms with Crippen LogP contribution in [-0.2, 0) is 0 Å². The molecule has 0 radical (unpaired) electrons. The van der Waals surface area contributed by atoms with E-state index >= 15 is 0 Å². The normalized spacial score (nSPS) is 16.3. The highest BCUT2D eigenvalue weighted by Crippen LogP contribution is 2.37. The molecule has 2 atom stereocenters. The quantitative estimate of drug-likeness (QED) is 0.287. The zero-order chi connectivity index (χ0) is 27.6. The number of hydrogen-bond acceptors (Lipinski definition) is 3. The molecule has 9 heteroatoms. The monoisotopic (exact) mass is 536 g/mol. The third kappa shape index (κ3) is 5.38. The van der Waals surface area contributed by atoms with Crippen LogP contribution in [0.15, 0.2) is 42.5 Å². The number of hydrogen-bond donors (Lipinski definition) is 2. The van der Waals surface area contributed by atoms with E-state index in [-0.39, 0.29) is 23.7 Å². The molecule has 4 rings (SSSR count). The fourth-order valence-electron chi connectivity index (χ4n) is 4.59. The van der Waals surface area contributed by atoms with Gasteiger partial charge >= 0.3 is 0 Å². The zero-order valence-corrected chi connectivity index (χ0v) is 20.5. The van der Waals surface area contributed by atoms with E-state index < -0.39 is 63.6 Å². The van der Waals surface area contributed by atoms with Gasteiger partial charge in [0.15, 0.2) is 34.8 Å². The molecule has 0 aliphatic heterocycles. The fraction of sp³-hybridized carbons (Fsp3) is 0.310. The van der Waals surface area contributed by atoms with Crippen molar-refractivity contribution in [2.24, 2.45) is 5.92 Å². The van der Waals surface area contributed by atoms with Crippen molar-refractivity contribution in [2.75, 3.05) is 6.61 Å². The maximum Gasteiger partial charge on any atom is 0.201 e. The molecule has 0 saturated heterocycles.